The minimum Gasteiger partial charge on any atom is -0.454 e. The molecule has 34 heavy (non-hydrogen) atoms. The van der Waals surface area contributed by atoms with E-state index in [1.54, 1.807) is 0 Å². The molecule has 8 nitrogen and oxygen atoms in total. The lowest BCUT2D eigenvalue weighted by molar-refractivity contribution is 0.0367. The molecule has 0 unspecified atom stereocenters. The van der Waals surface area contributed by atoms with Crippen molar-refractivity contribution in [1.82, 2.24) is 20.1 Å². The van der Waals surface area contributed by atoms with Crippen LogP contribution in [0.3, 0.4) is 0 Å². The first-order chi connectivity index (χ1) is 16.7. The van der Waals surface area contributed by atoms with Gasteiger partial charge in [-0.25, -0.2) is 0 Å². The van der Waals surface area contributed by atoms with E-state index in [0.29, 0.717) is 29.6 Å². The van der Waals surface area contributed by atoms with E-state index in [2.05, 4.69) is 20.1 Å². The van der Waals surface area contributed by atoms with E-state index in [9.17, 15) is 4.79 Å². The Morgan fingerprint density at radius 3 is 2.68 bits per heavy atom. The van der Waals surface area contributed by atoms with Gasteiger partial charge in [-0.2, -0.15) is 0 Å². The number of aromatic amines is 1. The second-order valence-electron chi connectivity index (χ2n) is 9.43. The number of nitrogens with zero attached hydrogens (tertiary/aromatic N) is 2. The number of hydrogen-bond donors (Lipinski definition) is 2. The predicted octanol–water partition coefficient (Wildman–Crippen LogP) is 2.99. The standard InChI is InChI=1S/C25H34N4O4S/c30-24-19(13-18-14-22-23(33-17-32-22)15-21(18)27-24)16-29(8-4-7-28-9-11-31-12-10-28)25(34)26-20-5-2-1-3-6-20/h13-15,20H,1-12,16-17H2,(H,26,34)(H,27,30). The molecule has 3 heterocycles. The molecule has 1 saturated carbocycles. The molecule has 0 amide bonds. The van der Waals surface area contributed by atoms with Gasteiger partial charge in [0.05, 0.1) is 25.3 Å². The quantitative estimate of drug-likeness (QED) is 0.579. The van der Waals surface area contributed by atoms with Crippen LogP contribution in [-0.2, 0) is 11.3 Å². The summed E-state index contributed by atoms with van der Waals surface area (Å²) >= 11 is 5.86. The first-order valence-electron chi connectivity index (χ1n) is 12.5. The molecule has 2 N–H and O–H groups in total. The summed E-state index contributed by atoms with van der Waals surface area (Å²) in [4.78, 5) is 20.6. The molecule has 2 aromatic rings. The maximum Gasteiger partial charge on any atom is 0.253 e. The Labute approximate surface area is 205 Å². The first kappa shape index (κ1) is 23.4. The van der Waals surface area contributed by atoms with Crippen molar-refractivity contribution < 1.29 is 14.2 Å². The van der Waals surface area contributed by atoms with Crippen LogP contribution < -0.4 is 20.3 Å². The van der Waals surface area contributed by atoms with Gasteiger partial charge in [0.25, 0.3) is 5.56 Å². The van der Waals surface area contributed by atoms with Gasteiger partial charge < -0.3 is 29.4 Å². The maximum atomic E-state index is 13.0. The Kier molecular flexibility index (Phi) is 7.51. The molecule has 0 spiro atoms. The lowest BCUT2D eigenvalue weighted by Crippen LogP contribution is -2.46. The fourth-order valence-electron chi connectivity index (χ4n) is 5.04. The maximum absolute atomic E-state index is 13.0. The van der Waals surface area contributed by atoms with Crippen molar-refractivity contribution in [2.75, 3.05) is 46.2 Å². The predicted molar refractivity (Wildman–Crippen MR) is 136 cm³/mol. The van der Waals surface area contributed by atoms with Crippen LogP contribution in [0.25, 0.3) is 10.9 Å². The SMILES string of the molecule is O=c1[nH]c2cc3c(cc2cc1CN(CCCN1CCOCC1)C(=S)NC1CCCCC1)OCO3. The zero-order chi connectivity index (χ0) is 23.3. The molecule has 1 aliphatic carbocycles. The summed E-state index contributed by atoms with van der Waals surface area (Å²) in [6, 6.07) is 6.14. The van der Waals surface area contributed by atoms with Crippen molar-refractivity contribution >= 4 is 28.2 Å². The molecule has 1 saturated heterocycles. The van der Waals surface area contributed by atoms with Crippen molar-refractivity contribution in [2.45, 2.75) is 51.1 Å². The third-order valence-electron chi connectivity index (χ3n) is 7.00. The number of thiocarbonyl (C=S) groups is 1. The second-order valence-corrected chi connectivity index (χ2v) is 9.82. The number of ether oxygens (including phenoxy) is 3. The topological polar surface area (TPSA) is 79.1 Å². The van der Waals surface area contributed by atoms with Crippen molar-refractivity contribution in [3.8, 4) is 11.5 Å². The second kappa shape index (κ2) is 10.9. The van der Waals surface area contributed by atoms with Gasteiger partial charge in [0.15, 0.2) is 16.6 Å². The average Bonchev–Trinajstić information content (AvgIpc) is 3.31. The monoisotopic (exact) mass is 486 g/mol. The molecule has 0 radical (unpaired) electrons. The van der Waals surface area contributed by atoms with E-state index in [1.165, 1.54) is 19.3 Å². The lowest BCUT2D eigenvalue weighted by Gasteiger charge is -2.32. The number of benzene rings is 1. The summed E-state index contributed by atoms with van der Waals surface area (Å²) in [6.45, 7) is 6.04. The molecule has 2 fully saturated rings. The van der Waals surface area contributed by atoms with Crippen LogP contribution in [0.1, 0.15) is 44.1 Å². The van der Waals surface area contributed by atoms with Gasteiger partial charge in [-0.1, -0.05) is 19.3 Å². The smallest absolute Gasteiger partial charge is 0.253 e. The van der Waals surface area contributed by atoms with E-state index in [1.807, 2.05) is 18.2 Å². The molecule has 1 aromatic heterocycles. The molecular formula is C25H34N4O4S. The summed E-state index contributed by atoms with van der Waals surface area (Å²) in [5.74, 6) is 1.38. The van der Waals surface area contributed by atoms with Crippen molar-refractivity contribution in [3.63, 3.8) is 0 Å². The summed E-state index contributed by atoms with van der Waals surface area (Å²) in [6.07, 6.45) is 7.10. The molecule has 9 heteroatoms. The van der Waals surface area contributed by atoms with Gasteiger partial charge in [-0.15, -0.1) is 0 Å². The molecule has 0 bridgehead atoms. The Morgan fingerprint density at radius 2 is 1.88 bits per heavy atom. The highest BCUT2D eigenvalue weighted by molar-refractivity contribution is 7.80. The van der Waals surface area contributed by atoms with E-state index < -0.39 is 0 Å². The summed E-state index contributed by atoms with van der Waals surface area (Å²) in [5.41, 5.74) is 1.36. The molecule has 1 aromatic carbocycles. The number of morpholine rings is 1. The van der Waals surface area contributed by atoms with Gasteiger partial charge in [-0.05, 0) is 43.6 Å². The third kappa shape index (κ3) is 5.64. The fraction of sp³-hybridized carbons (Fsp3) is 0.600. The normalized spacial score (nSPS) is 18.8. The van der Waals surface area contributed by atoms with E-state index >= 15 is 0 Å². The zero-order valence-electron chi connectivity index (χ0n) is 19.6. The largest absolute Gasteiger partial charge is 0.454 e. The summed E-state index contributed by atoms with van der Waals surface area (Å²) < 4.78 is 16.4. The van der Waals surface area contributed by atoms with E-state index in [-0.39, 0.29) is 12.4 Å². The summed E-state index contributed by atoms with van der Waals surface area (Å²) in [7, 11) is 0. The van der Waals surface area contributed by atoms with Crippen molar-refractivity contribution in [3.05, 3.63) is 34.1 Å². The molecule has 5 rings (SSSR count). The number of fused-ring (bicyclic) bond motifs is 2. The highest BCUT2D eigenvalue weighted by Gasteiger charge is 2.20. The Bertz CT molecular complexity index is 1060. The number of H-pyrrole nitrogens is 1. The van der Waals surface area contributed by atoms with Gasteiger partial charge in [0.2, 0.25) is 6.79 Å². The van der Waals surface area contributed by atoms with Crippen LogP contribution in [-0.4, -0.2) is 72.1 Å². The minimum absolute atomic E-state index is 0.0926. The zero-order valence-corrected chi connectivity index (χ0v) is 20.5. The van der Waals surface area contributed by atoms with Crippen LogP contribution >= 0.6 is 12.2 Å². The molecule has 0 atom stereocenters. The number of aromatic nitrogens is 1. The van der Waals surface area contributed by atoms with Crippen LogP contribution in [0.4, 0.5) is 0 Å². The number of nitrogens with one attached hydrogen (secondary N) is 2. The van der Waals surface area contributed by atoms with Gasteiger partial charge in [0.1, 0.15) is 0 Å². The van der Waals surface area contributed by atoms with Crippen LogP contribution in [0.2, 0.25) is 0 Å². The van der Waals surface area contributed by atoms with Gasteiger partial charge in [0, 0.05) is 49.2 Å². The van der Waals surface area contributed by atoms with E-state index in [0.717, 1.165) is 74.7 Å². The van der Waals surface area contributed by atoms with Gasteiger partial charge in [-0.3, -0.25) is 9.69 Å². The minimum atomic E-state index is -0.0926. The lowest BCUT2D eigenvalue weighted by atomic mass is 9.96. The van der Waals surface area contributed by atoms with Crippen LogP contribution in [0.15, 0.2) is 23.0 Å². The third-order valence-corrected chi connectivity index (χ3v) is 7.38. The fourth-order valence-corrected chi connectivity index (χ4v) is 5.36. The van der Waals surface area contributed by atoms with Crippen LogP contribution in [0, 0.1) is 0 Å². The highest BCUT2D eigenvalue weighted by Crippen LogP contribution is 2.35. The summed E-state index contributed by atoms with van der Waals surface area (Å²) in [5, 5.41) is 5.27. The van der Waals surface area contributed by atoms with E-state index in [4.69, 9.17) is 26.4 Å². The number of rotatable bonds is 7. The Balaban J connectivity index is 1.31. The number of pyridine rings is 1. The molecule has 3 aliphatic rings. The average molecular weight is 487 g/mol. The van der Waals surface area contributed by atoms with Gasteiger partial charge >= 0.3 is 0 Å². The van der Waals surface area contributed by atoms with Crippen LogP contribution in [0.5, 0.6) is 11.5 Å². The van der Waals surface area contributed by atoms with Crippen molar-refractivity contribution in [2.24, 2.45) is 0 Å². The molecule has 184 valence electrons. The highest BCUT2D eigenvalue weighted by atomic mass is 32.1. The first-order valence-corrected chi connectivity index (χ1v) is 12.9. The Hall–Kier alpha value is -2.36. The molecular weight excluding hydrogens is 452 g/mol. The number of hydrogen-bond acceptors (Lipinski definition) is 6. The molecule has 2 aliphatic heterocycles. The van der Waals surface area contributed by atoms with Crippen molar-refractivity contribution in [1.29, 1.82) is 0 Å². The Morgan fingerprint density at radius 1 is 1.12 bits per heavy atom.